The van der Waals surface area contributed by atoms with Gasteiger partial charge in [-0.05, 0) is 0 Å². The van der Waals surface area contributed by atoms with Crippen molar-refractivity contribution in [2.45, 2.75) is 12.5 Å². The molecule has 12 heavy (non-hydrogen) atoms. The van der Waals surface area contributed by atoms with Crippen molar-refractivity contribution in [2.75, 3.05) is 0 Å². The summed E-state index contributed by atoms with van der Waals surface area (Å²) < 4.78 is 0. The summed E-state index contributed by atoms with van der Waals surface area (Å²) in [4.78, 5) is 19.3. The summed E-state index contributed by atoms with van der Waals surface area (Å²) in [6, 6.07) is 0. The summed E-state index contributed by atoms with van der Waals surface area (Å²) in [6.07, 6.45) is -2.72. The fourth-order valence-electron chi connectivity index (χ4n) is 0.249. The molecule has 8 heteroatoms. The summed E-state index contributed by atoms with van der Waals surface area (Å²) in [5.74, 6) is -3.14. The van der Waals surface area contributed by atoms with Crippen LogP contribution >= 0.6 is 0 Å². The van der Waals surface area contributed by atoms with Crippen LogP contribution in [-0.4, -0.2) is 39.2 Å². The molecule has 0 bridgehead atoms. The molecule has 0 aromatic carbocycles. The van der Waals surface area contributed by atoms with E-state index in [2.05, 4.69) is 0 Å². The van der Waals surface area contributed by atoms with Crippen LogP contribution in [0.4, 0.5) is 0 Å². The maximum atomic E-state index is 9.66. The van der Waals surface area contributed by atoms with Crippen molar-refractivity contribution in [2.24, 2.45) is 0 Å². The predicted octanol–water partition coefficient (Wildman–Crippen LogP) is -7.07. The molecular weight excluding hydrogens is 183 g/mol. The third-order valence-corrected chi connectivity index (χ3v) is 0.640. The average molecular weight is 192 g/mol. The standard InChI is InChI=1S/C4H6O5.Na.2H2O/c5-2(4(8)9)1-3(6)7;;;/h2,5H,1H2,(H,6,7)(H,8,9);;2*1H2/q;+1;;/p-1/t2-;;;/m0.../s1. The number of aliphatic hydroxyl groups excluding tert-OH is 1. The predicted molar refractivity (Wildman–Crippen MR) is 30.5 cm³/mol. The molecule has 68 valence electrons. The van der Waals surface area contributed by atoms with E-state index in [0.29, 0.717) is 0 Å². The van der Waals surface area contributed by atoms with Gasteiger partial charge in [0.2, 0.25) is 0 Å². The van der Waals surface area contributed by atoms with E-state index in [1.165, 1.54) is 0 Å². The normalized spacial score (nSPS) is 9.42. The molecular formula is C4H9NaO7. The number of carbonyl (C=O) groups is 2. The van der Waals surface area contributed by atoms with Crippen molar-refractivity contribution in [3.05, 3.63) is 0 Å². The van der Waals surface area contributed by atoms with Crippen LogP contribution in [0.15, 0.2) is 0 Å². The van der Waals surface area contributed by atoms with Crippen molar-refractivity contribution >= 4 is 11.9 Å². The van der Waals surface area contributed by atoms with Gasteiger partial charge in [0.25, 0.3) is 0 Å². The Hall–Kier alpha value is -0.180. The second-order valence-electron chi connectivity index (χ2n) is 1.43. The molecule has 0 unspecified atom stereocenters. The van der Waals surface area contributed by atoms with Crippen LogP contribution in [0, 0.1) is 0 Å². The van der Waals surface area contributed by atoms with E-state index in [-0.39, 0.29) is 40.5 Å². The Morgan fingerprint density at radius 1 is 1.33 bits per heavy atom. The fourth-order valence-corrected chi connectivity index (χ4v) is 0.249. The third-order valence-electron chi connectivity index (χ3n) is 0.640. The van der Waals surface area contributed by atoms with Gasteiger partial charge >= 0.3 is 35.5 Å². The molecule has 0 heterocycles. The van der Waals surface area contributed by atoms with Crippen LogP contribution in [-0.2, 0) is 9.59 Å². The second-order valence-corrected chi connectivity index (χ2v) is 1.43. The van der Waals surface area contributed by atoms with Crippen molar-refractivity contribution in [1.29, 1.82) is 0 Å². The molecule has 0 fully saturated rings. The molecule has 0 aromatic rings. The number of hydrogen-bond acceptors (Lipinski definition) is 4. The monoisotopic (exact) mass is 192 g/mol. The number of hydrogen-bond donors (Lipinski definition) is 2. The molecule has 0 aliphatic rings. The SMILES string of the molecule is O.O.O=C(O)C[C@H](O)C(=O)[O-].[Na+]. The van der Waals surface area contributed by atoms with E-state index < -0.39 is 24.5 Å². The van der Waals surface area contributed by atoms with E-state index in [1.54, 1.807) is 0 Å². The van der Waals surface area contributed by atoms with Crippen molar-refractivity contribution < 1.29 is 65.4 Å². The summed E-state index contributed by atoms with van der Waals surface area (Å²) in [7, 11) is 0. The zero-order valence-corrected chi connectivity index (χ0v) is 8.40. The van der Waals surface area contributed by atoms with Gasteiger partial charge < -0.3 is 31.1 Å². The van der Waals surface area contributed by atoms with Crippen LogP contribution < -0.4 is 34.7 Å². The van der Waals surface area contributed by atoms with E-state index in [4.69, 9.17) is 10.2 Å². The molecule has 0 aromatic heterocycles. The fraction of sp³-hybridized carbons (Fsp3) is 0.500. The Labute approximate surface area is 89.9 Å². The van der Waals surface area contributed by atoms with Gasteiger partial charge in [0.1, 0.15) is 6.10 Å². The summed E-state index contributed by atoms with van der Waals surface area (Å²) in [6.45, 7) is 0. The molecule has 0 radical (unpaired) electrons. The Morgan fingerprint density at radius 3 is 1.75 bits per heavy atom. The smallest absolute Gasteiger partial charge is 0.547 e. The van der Waals surface area contributed by atoms with Crippen molar-refractivity contribution in [1.82, 2.24) is 0 Å². The van der Waals surface area contributed by atoms with Crippen LogP contribution in [0.5, 0.6) is 0 Å². The summed E-state index contributed by atoms with van der Waals surface area (Å²) in [5.41, 5.74) is 0. The first-order valence-electron chi connectivity index (χ1n) is 2.14. The van der Waals surface area contributed by atoms with E-state index in [9.17, 15) is 14.7 Å². The van der Waals surface area contributed by atoms with Crippen molar-refractivity contribution in [3.63, 3.8) is 0 Å². The number of carbonyl (C=O) groups excluding carboxylic acids is 1. The summed E-state index contributed by atoms with van der Waals surface area (Å²) >= 11 is 0. The molecule has 0 aliphatic carbocycles. The number of carboxylic acids is 2. The number of rotatable bonds is 3. The quantitative estimate of drug-likeness (QED) is 0.424. The van der Waals surface area contributed by atoms with Crippen LogP contribution in [0.3, 0.4) is 0 Å². The van der Waals surface area contributed by atoms with Crippen LogP contribution in [0.2, 0.25) is 0 Å². The molecule has 0 saturated carbocycles. The van der Waals surface area contributed by atoms with E-state index >= 15 is 0 Å². The minimum absolute atomic E-state index is 0. The summed E-state index contributed by atoms with van der Waals surface area (Å²) in [5, 5.41) is 25.7. The minimum Gasteiger partial charge on any atom is -0.547 e. The maximum absolute atomic E-state index is 9.66. The molecule has 0 rings (SSSR count). The number of aliphatic hydroxyl groups is 1. The third kappa shape index (κ3) is 12.5. The molecule has 1 atom stereocenters. The van der Waals surface area contributed by atoms with Gasteiger partial charge in [-0.15, -0.1) is 0 Å². The molecule has 0 saturated heterocycles. The number of aliphatic carboxylic acids is 2. The topological polar surface area (TPSA) is 161 Å². The zero-order valence-electron chi connectivity index (χ0n) is 6.40. The first-order chi connectivity index (χ1) is 4.04. The van der Waals surface area contributed by atoms with Gasteiger partial charge in [0.05, 0.1) is 12.4 Å². The maximum Gasteiger partial charge on any atom is 1.00 e. The van der Waals surface area contributed by atoms with Gasteiger partial charge in [-0.1, -0.05) is 0 Å². The molecule has 0 aliphatic heterocycles. The molecule has 6 N–H and O–H groups in total. The molecule has 0 spiro atoms. The first kappa shape index (κ1) is 22.6. The second kappa shape index (κ2) is 10.8. The van der Waals surface area contributed by atoms with Gasteiger partial charge in [-0.25, -0.2) is 0 Å². The van der Waals surface area contributed by atoms with Crippen LogP contribution in [0.25, 0.3) is 0 Å². The van der Waals surface area contributed by atoms with Gasteiger partial charge in [0, 0.05) is 0 Å². The van der Waals surface area contributed by atoms with Gasteiger partial charge in [0.15, 0.2) is 0 Å². The van der Waals surface area contributed by atoms with E-state index in [0.717, 1.165) is 0 Å². The number of carboxylic acid groups (broad SMARTS) is 2. The Balaban J connectivity index is -0.000000107. The Bertz CT molecular complexity index is 135. The van der Waals surface area contributed by atoms with Crippen molar-refractivity contribution in [3.8, 4) is 0 Å². The Kier molecular flexibility index (Phi) is 20.4. The van der Waals surface area contributed by atoms with Gasteiger partial charge in [-0.2, -0.15) is 0 Å². The minimum atomic E-state index is -1.90. The van der Waals surface area contributed by atoms with Crippen LogP contribution in [0.1, 0.15) is 6.42 Å². The first-order valence-corrected chi connectivity index (χ1v) is 2.14. The average Bonchev–Trinajstić information content (AvgIpc) is 1.63. The molecule has 7 nitrogen and oxygen atoms in total. The largest absolute Gasteiger partial charge is 1.00 e. The Morgan fingerprint density at radius 2 is 1.67 bits per heavy atom. The van der Waals surface area contributed by atoms with E-state index in [1.807, 2.05) is 0 Å². The molecule has 0 amide bonds. The van der Waals surface area contributed by atoms with Gasteiger partial charge in [-0.3, -0.25) is 4.79 Å². The zero-order chi connectivity index (χ0) is 7.44.